The fourth-order valence-electron chi connectivity index (χ4n) is 2.14. The molecule has 0 bridgehead atoms. The van der Waals surface area contributed by atoms with Gasteiger partial charge in [-0.15, -0.1) is 0 Å². The third kappa shape index (κ3) is 3.05. The predicted molar refractivity (Wildman–Crippen MR) is 65.8 cm³/mol. The molecule has 1 amide bonds. The van der Waals surface area contributed by atoms with Crippen LogP contribution >= 0.6 is 0 Å². The van der Waals surface area contributed by atoms with Crippen LogP contribution in [0.15, 0.2) is 30.3 Å². The van der Waals surface area contributed by atoms with E-state index in [1.807, 2.05) is 18.2 Å². The summed E-state index contributed by atoms with van der Waals surface area (Å²) in [7, 11) is 0. The van der Waals surface area contributed by atoms with Crippen LogP contribution in [0, 0.1) is 5.92 Å². The van der Waals surface area contributed by atoms with Crippen molar-refractivity contribution in [2.45, 2.75) is 12.5 Å². The number of hydrogen-bond donors (Lipinski definition) is 3. The fourth-order valence-corrected chi connectivity index (χ4v) is 2.14. The molecule has 1 heterocycles. The van der Waals surface area contributed by atoms with Gasteiger partial charge >= 0.3 is 0 Å². The second-order valence-corrected chi connectivity index (χ2v) is 4.38. The van der Waals surface area contributed by atoms with Crippen molar-refractivity contribution in [2.24, 2.45) is 5.92 Å². The Bertz CT molecular complexity index is 367. The molecular weight excluding hydrogens is 216 g/mol. The first-order chi connectivity index (χ1) is 8.31. The molecule has 1 aliphatic heterocycles. The molecule has 1 aromatic rings. The van der Waals surface area contributed by atoms with Crippen molar-refractivity contribution in [3.05, 3.63) is 35.9 Å². The third-order valence-electron chi connectivity index (χ3n) is 3.21. The van der Waals surface area contributed by atoms with Gasteiger partial charge in [0.25, 0.3) is 5.91 Å². The lowest BCUT2D eigenvalue weighted by atomic mass is 9.93. The Morgan fingerprint density at radius 1 is 1.41 bits per heavy atom. The number of amides is 1. The maximum Gasteiger partial charge on any atom is 0.251 e. The van der Waals surface area contributed by atoms with Crippen LogP contribution < -0.4 is 10.6 Å². The molecule has 0 aliphatic carbocycles. The summed E-state index contributed by atoms with van der Waals surface area (Å²) < 4.78 is 0. The molecule has 0 radical (unpaired) electrons. The van der Waals surface area contributed by atoms with E-state index in [0.29, 0.717) is 5.56 Å². The van der Waals surface area contributed by atoms with Gasteiger partial charge < -0.3 is 15.7 Å². The van der Waals surface area contributed by atoms with Crippen molar-refractivity contribution in [2.75, 3.05) is 19.7 Å². The van der Waals surface area contributed by atoms with Crippen molar-refractivity contribution in [1.82, 2.24) is 10.6 Å². The van der Waals surface area contributed by atoms with Gasteiger partial charge in [-0.05, 0) is 25.1 Å². The molecule has 1 saturated heterocycles. The number of aliphatic hydroxyl groups is 1. The molecule has 2 rings (SSSR count). The molecule has 1 aliphatic rings. The zero-order valence-electron chi connectivity index (χ0n) is 9.73. The van der Waals surface area contributed by atoms with Gasteiger partial charge in [-0.1, -0.05) is 18.2 Å². The SMILES string of the molecule is O=C(N[C@@H]1CNCC[C@@H]1CO)c1ccccc1. The minimum absolute atomic E-state index is 0.0152. The fraction of sp³-hybridized carbons (Fsp3) is 0.462. The lowest BCUT2D eigenvalue weighted by molar-refractivity contribution is 0.0883. The number of piperidine rings is 1. The topological polar surface area (TPSA) is 61.4 Å². The van der Waals surface area contributed by atoms with E-state index in [2.05, 4.69) is 10.6 Å². The lowest BCUT2D eigenvalue weighted by Crippen LogP contribution is -2.52. The first-order valence-electron chi connectivity index (χ1n) is 5.98. The Kier molecular flexibility index (Phi) is 4.12. The summed E-state index contributed by atoms with van der Waals surface area (Å²) in [5.74, 6) is 0.0849. The number of carbonyl (C=O) groups excluding carboxylic acids is 1. The zero-order valence-corrected chi connectivity index (χ0v) is 9.73. The molecule has 0 saturated carbocycles. The highest BCUT2D eigenvalue weighted by molar-refractivity contribution is 5.94. The summed E-state index contributed by atoms with van der Waals surface area (Å²) >= 11 is 0. The summed E-state index contributed by atoms with van der Waals surface area (Å²) in [6.45, 7) is 1.76. The Morgan fingerprint density at radius 3 is 2.88 bits per heavy atom. The molecule has 0 unspecified atom stereocenters. The van der Waals surface area contributed by atoms with Crippen molar-refractivity contribution in [3.8, 4) is 0 Å². The number of carbonyl (C=O) groups is 1. The predicted octanol–water partition coefficient (Wildman–Crippen LogP) is 0.387. The Hall–Kier alpha value is -1.39. The van der Waals surface area contributed by atoms with Crippen molar-refractivity contribution in [1.29, 1.82) is 0 Å². The molecule has 2 atom stereocenters. The molecule has 3 N–H and O–H groups in total. The quantitative estimate of drug-likeness (QED) is 0.709. The van der Waals surface area contributed by atoms with E-state index in [4.69, 9.17) is 0 Å². The van der Waals surface area contributed by atoms with E-state index in [1.165, 1.54) is 0 Å². The molecule has 17 heavy (non-hydrogen) atoms. The van der Waals surface area contributed by atoms with Gasteiger partial charge in [0.2, 0.25) is 0 Å². The van der Waals surface area contributed by atoms with Gasteiger partial charge in [-0.25, -0.2) is 0 Å². The van der Waals surface area contributed by atoms with Gasteiger partial charge in [0.1, 0.15) is 0 Å². The van der Waals surface area contributed by atoms with Crippen molar-refractivity contribution in [3.63, 3.8) is 0 Å². The Morgan fingerprint density at radius 2 is 2.18 bits per heavy atom. The normalized spacial score (nSPS) is 24.3. The summed E-state index contributed by atoms with van der Waals surface area (Å²) in [6, 6.07) is 9.17. The minimum Gasteiger partial charge on any atom is -0.396 e. The van der Waals surface area contributed by atoms with Gasteiger partial charge in [0.05, 0.1) is 0 Å². The molecule has 1 fully saturated rings. The zero-order chi connectivity index (χ0) is 12.1. The van der Waals surface area contributed by atoms with E-state index in [-0.39, 0.29) is 24.5 Å². The van der Waals surface area contributed by atoms with Crippen LogP contribution in [0.25, 0.3) is 0 Å². The van der Waals surface area contributed by atoms with E-state index in [0.717, 1.165) is 19.5 Å². The third-order valence-corrected chi connectivity index (χ3v) is 3.21. The second kappa shape index (κ2) is 5.80. The molecule has 0 spiro atoms. The first-order valence-corrected chi connectivity index (χ1v) is 5.98. The van der Waals surface area contributed by atoms with Crippen LogP contribution in [0.5, 0.6) is 0 Å². The average molecular weight is 234 g/mol. The summed E-state index contributed by atoms with van der Waals surface area (Å²) in [5.41, 5.74) is 0.662. The number of rotatable bonds is 3. The highest BCUT2D eigenvalue weighted by Crippen LogP contribution is 2.12. The van der Waals surface area contributed by atoms with Gasteiger partial charge in [-0.3, -0.25) is 4.79 Å². The number of aliphatic hydroxyl groups excluding tert-OH is 1. The Balaban J connectivity index is 1.98. The highest BCUT2D eigenvalue weighted by atomic mass is 16.3. The summed E-state index contributed by atoms with van der Waals surface area (Å²) in [6.07, 6.45) is 0.899. The monoisotopic (exact) mass is 234 g/mol. The van der Waals surface area contributed by atoms with E-state index in [9.17, 15) is 9.90 Å². The van der Waals surface area contributed by atoms with E-state index >= 15 is 0 Å². The smallest absolute Gasteiger partial charge is 0.251 e. The van der Waals surface area contributed by atoms with Crippen LogP contribution in [0.3, 0.4) is 0 Å². The summed E-state index contributed by atoms with van der Waals surface area (Å²) in [5, 5.41) is 15.5. The summed E-state index contributed by atoms with van der Waals surface area (Å²) in [4.78, 5) is 12.0. The van der Waals surface area contributed by atoms with Gasteiger partial charge in [-0.2, -0.15) is 0 Å². The van der Waals surface area contributed by atoms with Crippen molar-refractivity contribution < 1.29 is 9.90 Å². The van der Waals surface area contributed by atoms with Crippen molar-refractivity contribution >= 4 is 5.91 Å². The molecule has 0 aromatic heterocycles. The van der Waals surface area contributed by atoms with Crippen LogP contribution in [0.2, 0.25) is 0 Å². The van der Waals surface area contributed by atoms with Gasteiger partial charge in [0, 0.05) is 30.7 Å². The molecule has 4 heteroatoms. The van der Waals surface area contributed by atoms with Crippen LogP contribution in [-0.2, 0) is 0 Å². The molecule has 1 aromatic carbocycles. The molecule has 92 valence electrons. The van der Waals surface area contributed by atoms with E-state index in [1.54, 1.807) is 12.1 Å². The highest BCUT2D eigenvalue weighted by Gasteiger charge is 2.25. The number of hydrogen-bond acceptors (Lipinski definition) is 3. The minimum atomic E-state index is -0.0715. The number of nitrogens with one attached hydrogen (secondary N) is 2. The first kappa shape index (κ1) is 12.1. The lowest BCUT2D eigenvalue weighted by Gasteiger charge is -2.31. The van der Waals surface area contributed by atoms with Crippen LogP contribution in [0.1, 0.15) is 16.8 Å². The van der Waals surface area contributed by atoms with Crippen LogP contribution in [0.4, 0.5) is 0 Å². The van der Waals surface area contributed by atoms with E-state index < -0.39 is 0 Å². The Labute approximate surface area is 101 Å². The average Bonchev–Trinajstić information content (AvgIpc) is 2.40. The maximum absolute atomic E-state index is 12.0. The second-order valence-electron chi connectivity index (χ2n) is 4.38. The molecule has 4 nitrogen and oxygen atoms in total. The number of benzene rings is 1. The maximum atomic E-state index is 12.0. The van der Waals surface area contributed by atoms with Crippen LogP contribution in [-0.4, -0.2) is 36.8 Å². The standard InChI is InChI=1S/C13H18N2O2/c16-9-11-6-7-14-8-12(11)15-13(17)10-4-2-1-3-5-10/h1-5,11-12,14,16H,6-9H2,(H,15,17)/t11-,12-/m1/s1. The molecular formula is C13H18N2O2. The van der Waals surface area contributed by atoms with Gasteiger partial charge in [0.15, 0.2) is 0 Å². The largest absolute Gasteiger partial charge is 0.396 e.